The number of carbonyl (C=O) groups is 1. The predicted molar refractivity (Wildman–Crippen MR) is 117 cm³/mol. The van der Waals surface area contributed by atoms with Crippen molar-refractivity contribution >= 4 is 11.6 Å². The summed E-state index contributed by atoms with van der Waals surface area (Å²) in [4.78, 5) is 40.4. The first-order valence-corrected chi connectivity index (χ1v) is 10.3. The second kappa shape index (κ2) is 9.30. The number of carbonyl (C=O) groups excluding carboxylic acids is 1. The quantitative estimate of drug-likeness (QED) is 0.500. The second-order valence-corrected chi connectivity index (χ2v) is 7.78. The van der Waals surface area contributed by atoms with Gasteiger partial charge in [-0.05, 0) is 31.9 Å². The molecule has 162 valence electrons. The van der Waals surface area contributed by atoms with Crippen molar-refractivity contribution in [2.24, 2.45) is 14.1 Å². The smallest absolute Gasteiger partial charge is 0.332 e. The van der Waals surface area contributed by atoms with Crippen LogP contribution < -0.4 is 20.9 Å². The van der Waals surface area contributed by atoms with Crippen molar-refractivity contribution in [3.8, 4) is 5.75 Å². The summed E-state index contributed by atoms with van der Waals surface area (Å²) in [5, 5.41) is 0. The second-order valence-electron chi connectivity index (χ2n) is 7.78. The summed E-state index contributed by atoms with van der Waals surface area (Å²) >= 11 is 0. The predicted octanol–water partition coefficient (Wildman–Crippen LogP) is 1.19. The number of aromatic nitrogens is 2. The zero-order valence-corrected chi connectivity index (χ0v) is 18.2. The molecule has 3 rings (SSSR count). The zero-order chi connectivity index (χ0) is 21.8. The molecule has 0 aliphatic carbocycles. The molecule has 8 nitrogen and oxygen atoms in total. The summed E-state index contributed by atoms with van der Waals surface area (Å²) in [7, 11) is 3.19. The molecule has 1 aromatic heterocycles. The van der Waals surface area contributed by atoms with Gasteiger partial charge in [-0.15, -0.1) is 0 Å². The zero-order valence-electron chi connectivity index (χ0n) is 18.2. The molecule has 30 heavy (non-hydrogen) atoms. The molecule has 8 heteroatoms. The Balaban J connectivity index is 1.50. The van der Waals surface area contributed by atoms with E-state index >= 15 is 0 Å². The van der Waals surface area contributed by atoms with Gasteiger partial charge in [-0.3, -0.25) is 23.6 Å². The van der Waals surface area contributed by atoms with Crippen molar-refractivity contribution in [1.82, 2.24) is 14.0 Å². The molecule has 1 aliphatic heterocycles. The highest BCUT2D eigenvalue weighted by Gasteiger charge is 2.20. The monoisotopic (exact) mass is 414 g/mol. The van der Waals surface area contributed by atoms with Crippen LogP contribution in [0.25, 0.3) is 0 Å². The van der Waals surface area contributed by atoms with Gasteiger partial charge >= 0.3 is 5.69 Å². The number of hydrogen-bond acceptors (Lipinski definition) is 6. The highest BCUT2D eigenvalue weighted by Crippen LogP contribution is 2.22. The van der Waals surface area contributed by atoms with Gasteiger partial charge in [-0.2, -0.15) is 0 Å². The van der Waals surface area contributed by atoms with Crippen LogP contribution >= 0.6 is 0 Å². The van der Waals surface area contributed by atoms with Crippen LogP contribution in [0.2, 0.25) is 0 Å². The molecule has 0 N–H and O–H groups in total. The normalized spacial score (nSPS) is 14.7. The molecule has 0 atom stereocenters. The van der Waals surface area contributed by atoms with Crippen LogP contribution in [0.5, 0.6) is 5.75 Å². The number of hydrogen-bond donors (Lipinski definition) is 0. The maximum absolute atomic E-state index is 12.1. The highest BCUT2D eigenvalue weighted by atomic mass is 16.5. The third-order valence-corrected chi connectivity index (χ3v) is 5.66. The molecule has 1 aromatic carbocycles. The fraction of sp³-hybridized carbons (Fsp3) is 0.500. The first kappa shape index (κ1) is 21.8. The summed E-state index contributed by atoms with van der Waals surface area (Å²) in [5.41, 5.74) is 0.999. The summed E-state index contributed by atoms with van der Waals surface area (Å²) in [6.45, 7) is 8.15. The molecule has 1 saturated heterocycles. The molecule has 0 spiro atoms. The van der Waals surface area contributed by atoms with Crippen molar-refractivity contribution in [1.29, 1.82) is 0 Å². The van der Waals surface area contributed by atoms with Gasteiger partial charge in [0.2, 0.25) is 0 Å². The van der Waals surface area contributed by atoms with E-state index in [2.05, 4.69) is 9.80 Å². The van der Waals surface area contributed by atoms with Crippen LogP contribution in [0.4, 0.5) is 5.82 Å². The van der Waals surface area contributed by atoms with Crippen LogP contribution in [0.15, 0.2) is 33.9 Å². The number of anilines is 1. The molecule has 0 bridgehead atoms. The largest absolute Gasteiger partial charge is 0.493 e. The van der Waals surface area contributed by atoms with E-state index in [9.17, 15) is 14.4 Å². The molecule has 0 amide bonds. The number of nitrogens with zero attached hydrogens (tertiary/aromatic N) is 4. The van der Waals surface area contributed by atoms with Crippen LogP contribution in [0, 0.1) is 6.92 Å². The number of Topliss-reactive ketones (excluding diaryl/α,β-unsaturated/α-hetero) is 1. The lowest BCUT2D eigenvalue weighted by molar-refractivity contribution is 0.101. The number of ether oxygens (including phenoxy) is 1. The summed E-state index contributed by atoms with van der Waals surface area (Å²) in [5.74, 6) is 1.34. The van der Waals surface area contributed by atoms with E-state index in [1.54, 1.807) is 14.0 Å². The Morgan fingerprint density at radius 2 is 1.77 bits per heavy atom. The maximum atomic E-state index is 12.1. The molecule has 2 heterocycles. The molecular formula is C22H30N4O4. The number of rotatable bonds is 7. The van der Waals surface area contributed by atoms with Crippen LogP contribution in [0.3, 0.4) is 0 Å². The Kier molecular flexibility index (Phi) is 6.77. The topological polar surface area (TPSA) is 76.8 Å². The lowest BCUT2D eigenvalue weighted by Crippen LogP contribution is -2.49. The first-order chi connectivity index (χ1) is 14.3. The molecule has 0 radical (unpaired) electrons. The van der Waals surface area contributed by atoms with E-state index < -0.39 is 0 Å². The lowest BCUT2D eigenvalue weighted by atomic mass is 10.0. The van der Waals surface area contributed by atoms with Crippen LogP contribution in [-0.4, -0.2) is 59.1 Å². The summed E-state index contributed by atoms with van der Waals surface area (Å²) in [6, 6.07) is 7.19. The van der Waals surface area contributed by atoms with Gasteiger partial charge in [-0.1, -0.05) is 12.1 Å². The average Bonchev–Trinajstić information content (AvgIpc) is 2.72. The highest BCUT2D eigenvalue weighted by molar-refractivity contribution is 5.98. The maximum Gasteiger partial charge on any atom is 0.332 e. The fourth-order valence-electron chi connectivity index (χ4n) is 3.91. The van der Waals surface area contributed by atoms with Gasteiger partial charge in [0.1, 0.15) is 11.6 Å². The minimum atomic E-state index is -0.307. The van der Waals surface area contributed by atoms with E-state index in [4.69, 9.17) is 4.74 Å². The van der Waals surface area contributed by atoms with E-state index in [0.29, 0.717) is 23.7 Å². The standard InChI is InChI=1S/C22H30N4O4/c1-16-7-5-8-18(21(16)17(2)27)30-14-6-9-25-10-12-26(13-11-25)19-15-20(28)24(4)22(29)23(19)3/h5,7-8,15H,6,9-14H2,1-4H3. The number of piperazine rings is 1. The van der Waals surface area contributed by atoms with Crippen molar-refractivity contribution in [2.45, 2.75) is 20.3 Å². The van der Waals surface area contributed by atoms with E-state index in [-0.39, 0.29) is 17.0 Å². The summed E-state index contributed by atoms with van der Waals surface area (Å²) in [6.07, 6.45) is 0.857. The minimum Gasteiger partial charge on any atom is -0.493 e. The lowest BCUT2D eigenvalue weighted by Gasteiger charge is -2.36. The third kappa shape index (κ3) is 4.64. The molecule has 0 saturated carbocycles. The first-order valence-electron chi connectivity index (χ1n) is 10.3. The average molecular weight is 415 g/mol. The minimum absolute atomic E-state index is 0.0179. The Morgan fingerprint density at radius 3 is 2.43 bits per heavy atom. The molecule has 1 aliphatic rings. The fourth-order valence-corrected chi connectivity index (χ4v) is 3.91. The Bertz CT molecular complexity index is 1030. The van der Waals surface area contributed by atoms with Crippen molar-refractivity contribution in [3.05, 3.63) is 56.2 Å². The summed E-state index contributed by atoms with van der Waals surface area (Å²) < 4.78 is 8.52. The van der Waals surface area contributed by atoms with Gasteiger partial charge in [0.05, 0.1) is 12.2 Å². The van der Waals surface area contributed by atoms with Crippen molar-refractivity contribution in [3.63, 3.8) is 0 Å². The SMILES string of the molecule is CC(=O)c1c(C)cccc1OCCCN1CCN(c2cc(=O)n(C)c(=O)n2C)CC1. The van der Waals surface area contributed by atoms with Crippen LogP contribution in [-0.2, 0) is 14.1 Å². The number of benzene rings is 1. The van der Waals surface area contributed by atoms with Gasteiger partial charge in [-0.25, -0.2) is 4.79 Å². The third-order valence-electron chi connectivity index (χ3n) is 5.66. The Hall–Kier alpha value is -2.87. The Morgan fingerprint density at radius 1 is 1.07 bits per heavy atom. The molecule has 2 aromatic rings. The van der Waals surface area contributed by atoms with Crippen molar-refractivity contribution < 1.29 is 9.53 Å². The van der Waals surface area contributed by atoms with Gasteiger partial charge in [0.25, 0.3) is 5.56 Å². The van der Waals surface area contributed by atoms with Gasteiger partial charge in [0.15, 0.2) is 5.78 Å². The number of aryl methyl sites for hydroxylation is 1. The van der Waals surface area contributed by atoms with Crippen LogP contribution in [0.1, 0.15) is 29.3 Å². The number of ketones is 1. The molecular weight excluding hydrogens is 384 g/mol. The molecule has 1 fully saturated rings. The van der Waals surface area contributed by atoms with Crippen molar-refractivity contribution in [2.75, 3.05) is 44.2 Å². The van der Waals surface area contributed by atoms with E-state index in [0.717, 1.165) is 49.3 Å². The van der Waals surface area contributed by atoms with Gasteiger partial charge in [0, 0.05) is 52.9 Å². The van der Waals surface area contributed by atoms with E-state index in [1.165, 1.54) is 17.7 Å². The van der Waals surface area contributed by atoms with E-state index in [1.807, 2.05) is 25.1 Å². The Labute approximate surface area is 176 Å². The van der Waals surface area contributed by atoms with Gasteiger partial charge < -0.3 is 9.64 Å². The molecule has 0 unspecified atom stereocenters.